The van der Waals surface area contributed by atoms with Gasteiger partial charge in [-0.25, -0.2) is 0 Å². The second-order valence-electron chi connectivity index (χ2n) is 16.0. The Labute approximate surface area is 356 Å². The van der Waals surface area contributed by atoms with Crippen molar-refractivity contribution in [3.8, 4) is 27.9 Å². The summed E-state index contributed by atoms with van der Waals surface area (Å²) < 4.78 is 15.5. The van der Waals surface area contributed by atoms with E-state index in [0.29, 0.717) is 0 Å². The third-order valence-corrected chi connectivity index (χ3v) is 12.6. The maximum absolute atomic E-state index is 6.58. The van der Waals surface area contributed by atoms with Gasteiger partial charge in [0, 0.05) is 54.6 Å². The van der Waals surface area contributed by atoms with E-state index in [1.807, 2.05) is 12.1 Å². The summed E-state index contributed by atoms with van der Waals surface area (Å²) in [4.78, 5) is 2.38. The lowest BCUT2D eigenvalue weighted by atomic mass is 9.98. The van der Waals surface area contributed by atoms with E-state index in [2.05, 4.69) is 216 Å². The molecule has 0 aliphatic carbocycles. The van der Waals surface area contributed by atoms with Crippen molar-refractivity contribution >= 4 is 93.5 Å². The molecule has 0 aliphatic heterocycles. The number of hydrogen-bond donors (Lipinski definition) is 0. The zero-order valence-corrected chi connectivity index (χ0v) is 33.5. The smallest absolute Gasteiger partial charge is 0.143 e. The van der Waals surface area contributed by atoms with Crippen LogP contribution in [-0.2, 0) is 0 Å². The molecule has 62 heavy (non-hydrogen) atoms. The molecule has 0 saturated carbocycles. The minimum Gasteiger partial charge on any atom is -0.455 e. The highest BCUT2D eigenvalue weighted by Crippen LogP contribution is 2.45. The third kappa shape index (κ3) is 5.20. The van der Waals surface area contributed by atoms with Gasteiger partial charge in [0.1, 0.15) is 22.3 Å². The largest absolute Gasteiger partial charge is 0.455 e. The summed E-state index contributed by atoms with van der Waals surface area (Å²) in [6.07, 6.45) is 0. The molecular formula is C58H36N2O2. The first-order chi connectivity index (χ1) is 30.8. The molecular weight excluding hydrogens is 757 g/mol. The van der Waals surface area contributed by atoms with Crippen molar-refractivity contribution in [1.82, 2.24) is 4.57 Å². The Morgan fingerprint density at radius 2 is 0.887 bits per heavy atom. The molecule has 13 rings (SSSR count). The van der Waals surface area contributed by atoms with Crippen LogP contribution in [0.15, 0.2) is 227 Å². The molecule has 0 fully saturated rings. The summed E-state index contributed by atoms with van der Waals surface area (Å²) in [6.45, 7) is 0. The Balaban J connectivity index is 0.986. The number of para-hydroxylation sites is 6. The highest BCUT2D eigenvalue weighted by molar-refractivity contribution is 6.19. The summed E-state index contributed by atoms with van der Waals surface area (Å²) in [7, 11) is 0. The molecule has 0 unspecified atom stereocenters. The van der Waals surface area contributed by atoms with Crippen LogP contribution in [0, 0.1) is 0 Å². The lowest BCUT2D eigenvalue weighted by molar-refractivity contribution is 0.670. The van der Waals surface area contributed by atoms with Crippen LogP contribution in [0.25, 0.3) is 104 Å². The fraction of sp³-hybridized carbons (Fsp3) is 0. The van der Waals surface area contributed by atoms with E-state index in [1.54, 1.807) is 0 Å². The normalized spacial score (nSPS) is 11.9. The molecule has 3 heterocycles. The lowest BCUT2D eigenvalue weighted by Gasteiger charge is -2.28. The number of nitrogens with zero attached hydrogens (tertiary/aromatic N) is 2. The average molecular weight is 793 g/mol. The maximum Gasteiger partial charge on any atom is 0.143 e. The number of aromatic nitrogens is 1. The quantitative estimate of drug-likeness (QED) is 0.168. The van der Waals surface area contributed by atoms with E-state index in [0.717, 1.165) is 94.3 Å². The summed E-state index contributed by atoms with van der Waals surface area (Å²) in [6, 6.07) is 77.9. The molecule has 10 aromatic carbocycles. The zero-order chi connectivity index (χ0) is 40.7. The van der Waals surface area contributed by atoms with Crippen molar-refractivity contribution in [1.29, 1.82) is 0 Å². The van der Waals surface area contributed by atoms with Crippen molar-refractivity contribution in [3.05, 3.63) is 218 Å². The van der Waals surface area contributed by atoms with Gasteiger partial charge >= 0.3 is 0 Å². The van der Waals surface area contributed by atoms with Gasteiger partial charge in [0.05, 0.1) is 22.4 Å². The van der Waals surface area contributed by atoms with Crippen LogP contribution in [-0.4, -0.2) is 4.57 Å². The molecule has 0 radical (unpaired) electrons. The van der Waals surface area contributed by atoms with Crippen molar-refractivity contribution in [2.75, 3.05) is 4.90 Å². The highest BCUT2D eigenvalue weighted by Gasteiger charge is 2.22. The molecule has 4 heteroatoms. The SMILES string of the molecule is c1ccc(-n2c3ccccc3c3ccccc32)c(N(c2ccc(-c3cccc4c3oc3ccccc34)cc2)c2ccc(-c3cccc4oc5c6ccccc6ccc5c34)cc2)c1. The van der Waals surface area contributed by atoms with Crippen LogP contribution < -0.4 is 4.90 Å². The third-order valence-electron chi connectivity index (χ3n) is 12.6. The molecule has 0 N–H and O–H groups in total. The number of benzene rings is 10. The van der Waals surface area contributed by atoms with E-state index in [9.17, 15) is 0 Å². The van der Waals surface area contributed by atoms with Gasteiger partial charge in [-0.3, -0.25) is 0 Å². The van der Waals surface area contributed by atoms with Gasteiger partial charge in [-0.1, -0.05) is 152 Å². The molecule has 0 atom stereocenters. The van der Waals surface area contributed by atoms with Crippen molar-refractivity contribution in [2.45, 2.75) is 0 Å². The van der Waals surface area contributed by atoms with Gasteiger partial charge in [0.2, 0.25) is 0 Å². The minimum absolute atomic E-state index is 0.887. The predicted molar refractivity (Wildman–Crippen MR) is 258 cm³/mol. The Kier molecular flexibility index (Phi) is 7.57. The first kappa shape index (κ1) is 34.5. The summed E-state index contributed by atoms with van der Waals surface area (Å²) >= 11 is 0. The molecule has 3 aromatic heterocycles. The number of rotatable bonds is 6. The van der Waals surface area contributed by atoms with Crippen molar-refractivity contribution < 1.29 is 8.83 Å². The minimum atomic E-state index is 0.887. The Hall–Kier alpha value is -8.34. The van der Waals surface area contributed by atoms with Gasteiger partial charge in [0.15, 0.2) is 0 Å². The van der Waals surface area contributed by atoms with Gasteiger partial charge in [-0.2, -0.15) is 0 Å². The molecule has 0 bridgehead atoms. The highest BCUT2D eigenvalue weighted by atomic mass is 16.3. The van der Waals surface area contributed by atoms with E-state index >= 15 is 0 Å². The van der Waals surface area contributed by atoms with Gasteiger partial charge < -0.3 is 18.3 Å². The molecule has 4 nitrogen and oxygen atoms in total. The van der Waals surface area contributed by atoms with Crippen LogP contribution in [0.1, 0.15) is 0 Å². The van der Waals surface area contributed by atoms with Crippen LogP contribution in [0.2, 0.25) is 0 Å². The second-order valence-corrected chi connectivity index (χ2v) is 16.0. The number of furan rings is 2. The van der Waals surface area contributed by atoms with Crippen molar-refractivity contribution in [2.24, 2.45) is 0 Å². The van der Waals surface area contributed by atoms with E-state index in [1.165, 1.54) is 27.2 Å². The van der Waals surface area contributed by atoms with Crippen LogP contribution in [0.5, 0.6) is 0 Å². The average Bonchev–Trinajstić information content (AvgIpc) is 4.03. The number of hydrogen-bond acceptors (Lipinski definition) is 3. The Morgan fingerprint density at radius 3 is 1.65 bits per heavy atom. The first-order valence-electron chi connectivity index (χ1n) is 21.1. The van der Waals surface area contributed by atoms with Crippen molar-refractivity contribution in [3.63, 3.8) is 0 Å². The summed E-state index contributed by atoms with van der Waals surface area (Å²) in [5.74, 6) is 0. The van der Waals surface area contributed by atoms with E-state index in [4.69, 9.17) is 8.83 Å². The number of anilines is 3. The lowest BCUT2D eigenvalue weighted by Crippen LogP contribution is -2.13. The van der Waals surface area contributed by atoms with E-state index in [-0.39, 0.29) is 0 Å². The van der Waals surface area contributed by atoms with Crippen LogP contribution in [0.3, 0.4) is 0 Å². The summed E-state index contributed by atoms with van der Waals surface area (Å²) in [5.41, 5.74) is 14.6. The molecule has 0 aliphatic rings. The van der Waals surface area contributed by atoms with Crippen LogP contribution in [0.4, 0.5) is 17.1 Å². The fourth-order valence-corrected chi connectivity index (χ4v) is 9.80. The Morgan fingerprint density at radius 1 is 0.339 bits per heavy atom. The van der Waals surface area contributed by atoms with Gasteiger partial charge in [-0.15, -0.1) is 0 Å². The number of fused-ring (bicyclic) bond motifs is 11. The monoisotopic (exact) mass is 792 g/mol. The molecule has 0 amide bonds. The topological polar surface area (TPSA) is 34.5 Å². The van der Waals surface area contributed by atoms with Gasteiger partial charge in [0.25, 0.3) is 0 Å². The van der Waals surface area contributed by atoms with Gasteiger partial charge in [-0.05, 0) is 88.8 Å². The van der Waals surface area contributed by atoms with Crippen LogP contribution >= 0.6 is 0 Å². The molecule has 290 valence electrons. The summed E-state index contributed by atoms with van der Waals surface area (Å²) in [5, 5.41) is 9.26. The Bertz CT molecular complexity index is 3810. The molecule has 13 aromatic rings. The maximum atomic E-state index is 6.58. The standard InChI is InChI=1S/C58H36N2O2/c1-2-14-43-37(13-1)31-36-49-56-42(18-12-26-55(56)62-58(43)49)38-27-32-40(33-28-38)59(41-34-29-39(30-35-41)44-19-11-20-48-47-17-5-10-25-54(47)61-57(44)48)52-23-8-9-24-53(52)60-50-21-6-3-15-45(50)46-16-4-7-22-51(46)60/h1-36H. The second kappa shape index (κ2) is 13.6. The fourth-order valence-electron chi connectivity index (χ4n) is 9.80. The predicted octanol–water partition coefficient (Wildman–Crippen LogP) is 16.5. The first-order valence-corrected chi connectivity index (χ1v) is 21.1. The zero-order valence-electron chi connectivity index (χ0n) is 33.5. The molecule has 0 spiro atoms. The molecule has 0 saturated heterocycles. The van der Waals surface area contributed by atoms with E-state index < -0.39 is 0 Å².